The van der Waals surface area contributed by atoms with Crippen LogP contribution in [0.3, 0.4) is 0 Å². The summed E-state index contributed by atoms with van der Waals surface area (Å²) in [6.07, 6.45) is 14.0. The molecule has 1 aromatic heterocycles. The molecule has 6 nitrogen and oxygen atoms in total. The summed E-state index contributed by atoms with van der Waals surface area (Å²) >= 11 is 0. The zero-order valence-electron chi connectivity index (χ0n) is 14.9. The fourth-order valence-corrected chi connectivity index (χ4v) is 3.63. The van der Waals surface area contributed by atoms with Gasteiger partial charge in [-0.05, 0) is 63.0 Å². The van der Waals surface area contributed by atoms with Crippen LogP contribution >= 0.6 is 0 Å². The van der Waals surface area contributed by atoms with Gasteiger partial charge in [-0.1, -0.05) is 12.2 Å². The first-order valence-electron chi connectivity index (χ1n) is 9.53. The molecule has 6 heteroatoms. The number of aromatic nitrogens is 2. The molecule has 1 aromatic rings. The van der Waals surface area contributed by atoms with Crippen molar-refractivity contribution >= 4 is 11.8 Å². The minimum Gasteiger partial charge on any atom is -0.355 e. The quantitative estimate of drug-likeness (QED) is 0.825. The molecule has 0 spiro atoms. The number of nitrogens with one attached hydrogen (secondary N) is 2. The number of amides is 2. The van der Waals surface area contributed by atoms with Gasteiger partial charge in [0.1, 0.15) is 0 Å². The van der Waals surface area contributed by atoms with Crippen molar-refractivity contribution in [3.05, 3.63) is 30.5 Å². The average molecular weight is 343 g/mol. The second kappa shape index (κ2) is 9.39. The third-order valence-electron chi connectivity index (χ3n) is 5.16. The van der Waals surface area contributed by atoms with Crippen molar-refractivity contribution in [3.8, 4) is 0 Å². The van der Waals surface area contributed by atoms with Gasteiger partial charge in [0, 0.05) is 31.9 Å². The molecule has 2 heterocycles. The van der Waals surface area contributed by atoms with E-state index in [4.69, 9.17) is 0 Å². The fourth-order valence-electron chi connectivity index (χ4n) is 3.63. The van der Waals surface area contributed by atoms with Crippen molar-refractivity contribution in [2.24, 2.45) is 5.92 Å². The summed E-state index contributed by atoms with van der Waals surface area (Å²) < 4.78 is 0. The van der Waals surface area contributed by atoms with E-state index in [9.17, 15) is 4.79 Å². The Morgan fingerprint density at radius 1 is 1.16 bits per heavy atom. The fraction of sp³-hybridized carbons (Fsp3) is 0.632. The number of anilines is 1. The van der Waals surface area contributed by atoms with Crippen molar-refractivity contribution in [2.75, 3.05) is 24.5 Å². The van der Waals surface area contributed by atoms with Gasteiger partial charge in [-0.3, -0.25) is 0 Å². The Labute approximate surface area is 150 Å². The minimum absolute atomic E-state index is 0.0180. The van der Waals surface area contributed by atoms with Crippen LogP contribution in [0.1, 0.15) is 44.9 Å². The average Bonchev–Trinajstić information content (AvgIpc) is 2.62. The number of rotatable bonds is 4. The van der Waals surface area contributed by atoms with Crippen molar-refractivity contribution < 1.29 is 4.79 Å². The van der Waals surface area contributed by atoms with E-state index in [2.05, 4.69) is 37.9 Å². The van der Waals surface area contributed by atoms with Crippen LogP contribution in [0.25, 0.3) is 0 Å². The summed E-state index contributed by atoms with van der Waals surface area (Å²) in [5.74, 6) is 1.53. The highest BCUT2D eigenvalue weighted by molar-refractivity contribution is 5.74. The molecule has 2 amide bonds. The van der Waals surface area contributed by atoms with Crippen LogP contribution < -0.4 is 15.5 Å². The lowest BCUT2D eigenvalue weighted by atomic mass is 9.94. The Morgan fingerprint density at radius 2 is 2.00 bits per heavy atom. The Kier molecular flexibility index (Phi) is 6.65. The van der Waals surface area contributed by atoms with E-state index < -0.39 is 0 Å². The van der Waals surface area contributed by atoms with Crippen molar-refractivity contribution in [3.63, 3.8) is 0 Å². The topological polar surface area (TPSA) is 70.2 Å². The molecule has 25 heavy (non-hydrogen) atoms. The molecule has 0 saturated carbocycles. The zero-order valence-corrected chi connectivity index (χ0v) is 14.9. The van der Waals surface area contributed by atoms with Crippen molar-refractivity contribution in [1.29, 1.82) is 0 Å². The number of allylic oxidation sites excluding steroid dienone is 2. The molecule has 1 aliphatic heterocycles. The van der Waals surface area contributed by atoms with E-state index >= 15 is 0 Å². The van der Waals surface area contributed by atoms with E-state index in [0.717, 1.165) is 44.7 Å². The molecule has 136 valence electrons. The van der Waals surface area contributed by atoms with Gasteiger partial charge in [-0.15, -0.1) is 5.10 Å². The predicted molar refractivity (Wildman–Crippen MR) is 99.5 cm³/mol. The lowest BCUT2D eigenvalue weighted by molar-refractivity contribution is 0.231. The second-order valence-corrected chi connectivity index (χ2v) is 7.04. The first-order chi connectivity index (χ1) is 12.3. The van der Waals surface area contributed by atoms with Gasteiger partial charge in [0.25, 0.3) is 0 Å². The molecule has 1 atom stereocenters. The molecular formula is C19H29N5O. The highest BCUT2D eigenvalue weighted by atomic mass is 16.2. The Morgan fingerprint density at radius 3 is 2.80 bits per heavy atom. The number of nitrogens with zero attached hydrogens (tertiary/aromatic N) is 3. The molecule has 0 aromatic carbocycles. The number of urea groups is 1. The molecule has 1 aliphatic carbocycles. The van der Waals surface area contributed by atoms with Crippen LogP contribution in [0.4, 0.5) is 10.6 Å². The number of hydrogen-bond donors (Lipinski definition) is 2. The maximum absolute atomic E-state index is 12.2. The van der Waals surface area contributed by atoms with Gasteiger partial charge >= 0.3 is 6.03 Å². The highest BCUT2D eigenvalue weighted by Crippen LogP contribution is 2.18. The summed E-state index contributed by atoms with van der Waals surface area (Å²) in [6, 6.07) is 4.12. The van der Waals surface area contributed by atoms with Gasteiger partial charge in [0.05, 0.1) is 0 Å². The summed E-state index contributed by atoms with van der Waals surface area (Å²) in [6.45, 7) is 2.59. The van der Waals surface area contributed by atoms with Crippen LogP contribution in [-0.4, -0.2) is 41.9 Å². The zero-order chi connectivity index (χ0) is 17.3. The summed E-state index contributed by atoms with van der Waals surface area (Å²) in [5, 5.41) is 14.3. The molecule has 1 fully saturated rings. The number of hydrogen-bond acceptors (Lipinski definition) is 4. The van der Waals surface area contributed by atoms with Crippen molar-refractivity contribution in [2.45, 2.75) is 51.0 Å². The van der Waals surface area contributed by atoms with Gasteiger partial charge in [-0.2, -0.15) is 5.10 Å². The summed E-state index contributed by atoms with van der Waals surface area (Å²) in [7, 11) is 0. The number of piperidine rings is 1. The SMILES string of the molecule is O=C(NCC1CC/C=C\CCC1)NC1CCN(c2cccnn2)CC1. The summed E-state index contributed by atoms with van der Waals surface area (Å²) in [5.41, 5.74) is 0. The standard InChI is InChI=1S/C19H29N5O/c25-19(20-15-16-7-4-2-1-3-5-8-16)22-17-10-13-24(14-11-17)18-9-6-12-21-23-18/h1-2,6,9,12,16-17H,3-5,7-8,10-11,13-15H2,(H2,20,22,25)/b2-1-. The highest BCUT2D eigenvalue weighted by Gasteiger charge is 2.21. The lowest BCUT2D eigenvalue weighted by Gasteiger charge is -2.32. The van der Waals surface area contributed by atoms with Gasteiger partial charge in [0.2, 0.25) is 0 Å². The maximum atomic E-state index is 12.2. The minimum atomic E-state index is -0.0180. The Balaban J connectivity index is 1.35. The van der Waals surface area contributed by atoms with E-state index in [1.165, 1.54) is 25.7 Å². The molecular weight excluding hydrogens is 314 g/mol. The van der Waals surface area contributed by atoms with Gasteiger partial charge in [0.15, 0.2) is 5.82 Å². The largest absolute Gasteiger partial charge is 0.355 e. The predicted octanol–water partition coefficient (Wildman–Crippen LogP) is 2.88. The Hall–Kier alpha value is -2.11. The first kappa shape index (κ1) is 17.7. The van der Waals surface area contributed by atoms with Crippen molar-refractivity contribution in [1.82, 2.24) is 20.8 Å². The second-order valence-electron chi connectivity index (χ2n) is 7.04. The van der Waals surface area contributed by atoms with E-state index in [1.54, 1.807) is 6.20 Å². The molecule has 3 rings (SSSR count). The summed E-state index contributed by atoms with van der Waals surface area (Å²) in [4.78, 5) is 14.4. The third kappa shape index (κ3) is 5.73. The molecule has 0 bridgehead atoms. The molecule has 0 radical (unpaired) electrons. The maximum Gasteiger partial charge on any atom is 0.315 e. The first-order valence-corrected chi connectivity index (χ1v) is 9.53. The Bertz CT molecular complexity index is 554. The van der Waals surface area contributed by atoms with Gasteiger partial charge in [-0.25, -0.2) is 4.79 Å². The van der Waals surface area contributed by atoms with E-state index in [0.29, 0.717) is 5.92 Å². The smallest absolute Gasteiger partial charge is 0.315 e. The van der Waals surface area contributed by atoms with Gasteiger partial charge < -0.3 is 15.5 Å². The normalized spacial score (nSPS) is 23.4. The van der Waals surface area contributed by atoms with E-state index in [-0.39, 0.29) is 12.1 Å². The van der Waals surface area contributed by atoms with Crippen LogP contribution in [-0.2, 0) is 0 Å². The molecule has 1 unspecified atom stereocenters. The number of carbonyl (C=O) groups excluding carboxylic acids is 1. The molecule has 2 aliphatic rings. The van der Waals surface area contributed by atoms with Crippen LogP contribution in [0.15, 0.2) is 30.5 Å². The molecule has 2 N–H and O–H groups in total. The lowest BCUT2D eigenvalue weighted by Crippen LogP contribution is -2.48. The molecule has 1 saturated heterocycles. The third-order valence-corrected chi connectivity index (χ3v) is 5.16. The van der Waals surface area contributed by atoms with Crippen LogP contribution in [0.2, 0.25) is 0 Å². The van der Waals surface area contributed by atoms with E-state index in [1.807, 2.05) is 12.1 Å². The van der Waals surface area contributed by atoms with Crippen LogP contribution in [0.5, 0.6) is 0 Å². The van der Waals surface area contributed by atoms with Crippen LogP contribution in [0, 0.1) is 5.92 Å². The monoisotopic (exact) mass is 343 g/mol. The number of carbonyl (C=O) groups is 1.